The molecule has 17 heavy (non-hydrogen) atoms. The molecule has 0 aliphatic carbocycles. The van der Waals surface area contributed by atoms with E-state index in [9.17, 15) is 4.79 Å². The van der Waals surface area contributed by atoms with Crippen LogP contribution in [-0.4, -0.2) is 9.97 Å². The highest BCUT2D eigenvalue weighted by Gasteiger charge is 2.08. The number of halogens is 1. The fraction of sp³-hybridized carbons (Fsp3) is 0.167. The summed E-state index contributed by atoms with van der Waals surface area (Å²) in [6.07, 6.45) is 1.40. The van der Waals surface area contributed by atoms with Crippen LogP contribution in [0.3, 0.4) is 0 Å². The molecule has 2 N–H and O–H groups in total. The van der Waals surface area contributed by atoms with E-state index in [-0.39, 0.29) is 5.56 Å². The topological polar surface area (TPSA) is 57.8 Å². The van der Waals surface area contributed by atoms with E-state index in [1.165, 1.54) is 6.33 Å². The van der Waals surface area contributed by atoms with E-state index in [4.69, 9.17) is 0 Å². The molecule has 0 spiro atoms. The van der Waals surface area contributed by atoms with E-state index < -0.39 is 0 Å². The summed E-state index contributed by atoms with van der Waals surface area (Å²) in [5, 5.41) is 3.21. The molecular weight excluding hydrogens is 329 g/mol. The molecule has 0 aliphatic rings. The third-order valence-corrected chi connectivity index (χ3v) is 3.52. The van der Waals surface area contributed by atoms with Crippen molar-refractivity contribution in [2.45, 2.75) is 13.8 Å². The van der Waals surface area contributed by atoms with Crippen LogP contribution in [0, 0.1) is 17.4 Å². The first-order valence-corrected chi connectivity index (χ1v) is 6.24. The van der Waals surface area contributed by atoms with Gasteiger partial charge in [0.05, 0.1) is 6.33 Å². The van der Waals surface area contributed by atoms with E-state index in [1.807, 2.05) is 54.6 Å². The molecule has 0 aliphatic heterocycles. The molecule has 2 rings (SSSR count). The van der Waals surface area contributed by atoms with Crippen molar-refractivity contribution < 1.29 is 0 Å². The van der Waals surface area contributed by atoms with Gasteiger partial charge in [-0.1, -0.05) is 18.2 Å². The molecule has 0 atom stereocenters. The average molecular weight is 341 g/mol. The van der Waals surface area contributed by atoms with Gasteiger partial charge in [0.1, 0.15) is 3.57 Å². The lowest BCUT2D eigenvalue weighted by Crippen LogP contribution is -2.13. The third-order valence-electron chi connectivity index (χ3n) is 2.52. The predicted molar refractivity (Wildman–Crippen MR) is 76.8 cm³/mol. The van der Waals surface area contributed by atoms with Crippen molar-refractivity contribution in [3.8, 4) is 0 Å². The number of nitrogens with one attached hydrogen (secondary N) is 2. The molecule has 0 fully saturated rings. The first-order valence-electron chi connectivity index (χ1n) is 5.16. The van der Waals surface area contributed by atoms with Crippen LogP contribution in [0.2, 0.25) is 0 Å². The number of benzene rings is 1. The monoisotopic (exact) mass is 341 g/mol. The van der Waals surface area contributed by atoms with Crippen molar-refractivity contribution in [2.24, 2.45) is 0 Å². The van der Waals surface area contributed by atoms with Crippen LogP contribution in [-0.2, 0) is 0 Å². The van der Waals surface area contributed by atoms with Crippen LogP contribution in [0.5, 0.6) is 0 Å². The van der Waals surface area contributed by atoms with Gasteiger partial charge in [0.25, 0.3) is 5.56 Å². The zero-order chi connectivity index (χ0) is 12.4. The minimum Gasteiger partial charge on any atom is -0.339 e. The van der Waals surface area contributed by atoms with Gasteiger partial charge < -0.3 is 10.3 Å². The summed E-state index contributed by atoms with van der Waals surface area (Å²) in [6, 6.07) is 6.05. The number of para-hydroxylation sites is 1. The molecule has 5 heteroatoms. The zero-order valence-corrected chi connectivity index (χ0v) is 11.7. The maximum absolute atomic E-state index is 11.5. The average Bonchev–Trinajstić information content (AvgIpc) is 2.29. The van der Waals surface area contributed by atoms with E-state index in [0.29, 0.717) is 9.39 Å². The smallest absolute Gasteiger partial charge is 0.266 e. The second-order valence-electron chi connectivity index (χ2n) is 3.79. The summed E-state index contributed by atoms with van der Waals surface area (Å²) in [6.45, 7) is 4.05. The normalized spacial score (nSPS) is 10.3. The van der Waals surface area contributed by atoms with Crippen LogP contribution >= 0.6 is 22.6 Å². The van der Waals surface area contributed by atoms with Crippen molar-refractivity contribution in [2.75, 3.05) is 5.32 Å². The van der Waals surface area contributed by atoms with Gasteiger partial charge in [-0.15, -0.1) is 0 Å². The molecule has 88 valence electrons. The molecule has 0 saturated carbocycles. The Labute approximate surface area is 113 Å². The van der Waals surface area contributed by atoms with E-state index in [2.05, 4.69) is 15.3 Å². The third kappa shape index (κ3) is 2.49. The largest absolute Gasteiger partial charge is 0.339 e. The molecule has 2 aromatic rings. The van der Waals surface area contributed by atoms with E-state index in [0.717, 1.165) is 16.8 Å². The maximum Gasteiger partial charge on any atom is 0.266 e. The zero-order valence-electron chi connectivity index (χ0n) is 9.54. The van der Waals surface area contributed by atoms with Crippen molar-refractivity contribution in [3.63, 3.8) is 0 Å². The molecule has 1 aromatic carbocycles. The lowest BCUT2D eigenvalue weighted by molar-refractivity contribution is 1.10. The number of nitrogens with zero attached hydrogens (tertiary/aromatic N) is 1. The van der Waals surface area contributed by atoms with E-state index in [1.54, 1.807) is 0 Å². The van der Waals surface area contributed by atoms with Crippen LogP contribution in [0.4, 0.5) is 11.5 Å². The first kappa shape index (κ1) is 12.1. The number of aromatic amines is 1. The fourth-order valence-corrected chi connectivity index (χ4v) is 2.03. The Morgan fingerprint density at radius 2 is 1.94 bits per heavy atom. The number of anilines is 2. The summed E-state index contributed by atoms with van der Waals surface area (Å²) in [7, 11) is 0. The second kappa shape index (κ2) is 4.87. The molecule has 4 nitrogen and oxygen atoms in total. The number of aryl methyl sites for hydroxylation is 2. The van der Waals surface area contributed by atoms with Crippen LogP contribution in [0.15, 0.2) is 29.3 Å². The van der Waals surface area contributed by atoms with Gasteiger partial charge in [0.2, 0.25) is 0 Å². The van der Waals surface area contributed by atoms with Gasteiger partial charge in [-0.05, 0) is 47.6 Å². The van der Waals surface area contributed by atoms with Crippen LogP contribution in [0.1, 0.15) is 11.1 Å². The molecule has 1 heterocycles. The Kier molecular flexibility index (Phi) is 3.46. The van der Waals surface area contributed by atoms with Crippen molar-refractivity contribution >= 4 is 34.1 Å². The molecular formula is C12H12IN3O. The Morgan fingerprint density at radius 3 is 2.59 bits per heavy atom. The number of aromatic nitrogens is 2. The Morgan fingerprint density at radius 1 is 1.29 bits per heavy atom. The summed E-state index contributed by atoms with van der Waals surface area (Å²) < 4.78 is 0.563. The Hall–Kier alpha value is -1.37. The maximum atomic E-state index is 11.5. The van der Waals surface area contributed by atoms with Gasteiger partial charge in [-0.25, -0.2) is 4.98 Å². The summed E-state index contributed by atoms with van der Waals surface area (Å²) >= 11 is 1.99. The minimum absolute atomic E-state index is 0.130. The van der Waals surface area contributed by atoms with Gasteiger partial charge in [0.15, 0.2) is 5.82 Å². The van der Waals surface area contributed by atoms with Crippen molar-refractivity contribution in [1.82, 2.24) is 9.97 Å². The van der Waals surface area contributed by atoms with Gasteiger partial charge in [-0.3, -0.25) is 4.79 Å². The molecule has 0 radical (unpaired) electrons. The standard InChI is InChI=1S/C12H12IN3O/c1-7-4-3-5-8(2)10(7)16-11-9(13)12(17)15-6-14-11/h3-6H,1-2H3,(H2,14,15,16,17). The molecule has 0 bridgehead atoms. The number of hydrogen-bond acceptors (Lipinski definition) is 3. The fourth-order valence-electron chi connectivity index (χ4n) is 1.60. The number of hydrogen-bond donors (Lipinski definition) is 2. The highest BCUT2D eigenvalue weighted by molar-refractivity contribution is 14.1. The van der Waals surface area contributed by atoms with Gasteiger partial charge in [-0.2, -0.15) is 0 Å². The lowest BCUT2D eigenvalue weighted by atomic mass is 10.1. The molecule has 1 aromatic heterocycles. The van der Waals surface area contributed by atoms with Crippen molar-refractivity contribution in [3.05, 3.63) is 49.6 Å². The molecule has 0 amide bonds. The Bertz CT molecular complexity index is 587. The summed E-state index contributed by atoms with van der Waals surface area (Å²) in [4.78, 5) is 18.1. The van der Waals surface area contributed by atoms with Gasteiger partial charge in [0, 0.05) is 5.69 Å². The number of H-pyrrole nitrogens is 1. The van der Waals surface area contributed by atoms with Crippen LogP contribution < -0.4 is 10.9 Å². The second-order valence-corrected chi connectivity index (χ2v) is 4.86. The lowest BCUT2D eigenvalue weighted by Gasteiger charge is -2.12. The SMILES string of the molecule is Cc1cccc(C)c1Nc1nc[nH]c(=O)c1I. The quantitative estimate of drug-likeness (QED) is 0.826. The summed E-state index contributed by atoms with van der Waals surface area (Å²) in [5.74, 6) is 0.590. The number of rotatable bonds is 2. The van der Waals surface area contributed by atoms with Gasteiger partial charge >= 0.3 is 0 Å². The van der Waals surface area contributed by atoms with Crippen LogP contribution in [0.25, 0.3) is 0 Å². The Balaban J connectivity index is 2.45. The first-order chi connectivity index (χ1) is 8.09. The van der Waals surface area contributed by atoms with E-state index >= 15 is 0 Å². The summed E-state index contributed by atoms with van der Waals surface area (Å²) in [5.41, 5.74) is 3.13. The highest BCUT2D eigenvalue weighted by atomic mass is 127. The highest BCUT2D eigenvalue weighted by Crippen LogP contribution is 2.24. The van der Waals surface area contributed by atoms with Crippen molar-refractivity contribution in [1.29, 1.82) is 0 Å². The molecule has 0 unspecified atom stereocenters. The predicted octanol–water partition coefficient (Wildman–Crippen LogP) is 2.73. The molecule has 0 saturated heterocycles. The minimum atomic E-state index is -0.130.